The number of anilines is 2. The molecule has 0 saturated carbocycles. The van der Waals surface area contributed by atoms with Crippen molar-refractivity contribution in [1.82, 2.24) is 4.90 Å². The molecule has 0 radical (unpaired) electrons. The van der Waals surface area contributed by atoms with Crippen molar-refractivity contribution in [2.45, 2.75) is 31.8 Å². The van der Waals surface area contributed by atoms with Gasteiger partial charge in [0.2, 0.25) is 0 Å². The zero-order valence-electron chi connectivity index (χ0n) is 17.7. The summed E-state index contributed by atoms with van der Waals surface area (Å²) in [4.78, 5) is 26.3. The molecule has 0 bridgehead atoms. The smallest absolute Gasteiger partial charge is 0.253 e. The van der Waals surface area contributed by atoms with Gasteiger partial charge in [-0.3, -0.25) is 9.59 Å². The van der Waals surface area contributed by atoms with Crippen molar-refractivity contribution >= 4 is 11.4 Å². The first-order valence-electron chi connectivity index (χ1n) is 10.2. The van der Waals surface area contributed by atoms with E-state index in [0.717, 1.165) is 18.4 Å². The Morgan fingerprint density at radius 2 is 1.47 bits per heavy atom. The fourth-order valence-electron chi connectivity index (χ4n) is 3.52. The van der Waals surface area contributed by atoms with Gasteiger partial charge in [0, 0.05) is 18.6 Å². The molecular formula is C24H29N3O3. The summed E-state index contributed by atoms with van der Waals surface area (Å²) in [6.07, 6.45) is 1.52. The van der Waals surface area contributed by atoms with Gasteiger partial charge in [0.1, 0.15) is 17.1 Å². The summed E-state index contributed by atoms with van der Waals surface area (Å²) < 4.78 is 0. The number of nitrogens with one attached hydrogen (secondary N) is 2. The molecule has 3 aromatic rings. The Morgan fingerprint density at radius 3 is 2.10 bits per heavy atom. The van der Waals surface area contributed by atoms with E-state index < -0.39 is 10.9 Å². The number of aromatic hydroxyl groups is 1. The van der Waals surface area contributed by atoms with Crippen molar-refractivity contribution in [2.75, 3.05) is 31.3 Å². The van der Waals surface area contributed by atoms with E-state index in [0.29, 0.717) is 17.9 Å². The van der Waals surface area contributed by atoms with E-state index in [2.05, 4.69) is 15.5 Å². The lowest BCUT2D eigenvalue weighted by atomic mass is 10.0. The molecular weight excluding hydrogens is 378 g/mol. The van der Waals surface area contributed by atoms with E-state index in [1.165, 1.54) is 5.56 Å². The minimum atomic E-state index is -0.466. The van der Waals surface area contributed by atoms with Crippen LogP contribution in [0.3, 0.4) is 0 Å². The number of likely N-dealkylation sites (N-methyl/N-ethyl adjacent to an activating group) is 1. The van der Waals surface area contributed by atoms with Gasteiger partial charge in [-0.25, -0.2) is 0 Å². The molecule has 0 aromatic heterocycles. The maximum atomic E-state index is 12.1. The molecule has 2 atom stereocenters. The van der Waals surface area contributed by atoms with Crippen LogP contribution >= 0.6 is 0 Å². The molecule has 3 aromatic carbocycles. The molecule has 0 saturated heterocycles. The summed E-state index contributed by atoms with van der Waals surface area (Å²) in [6, 6.07) is 17.3. The van der Waals surface area contributed by atoms with Crippen molar-refractivity contribution in [2.24, 2.45) is 0 Å². The largest absolute Gasteiger partial charge is 0.508 e. The number of nitrogens with zero attached hydrogens (tertiary/aromatic N) is 1. The monoisotopic (exact) mass is 407 g/mol. The van der Waals surface area contributed by atoms with Gasteiger partial charge >= 0.3 is 0 Å². The van der Waals surface area contributed by atoms with Gasteiger partial charge in [0.15, 0.2) is 0 Å². The third-order valence-corrected chi connectivity index (χ3v) is 5.34. The molecule has 0 spiro atoms. The lowest BCUT2D eigenvalue weighted by Crippen LogP contribution is -2.43. The fraction of sp³-hybridized carbons (Fsp3) is 0.333. The molecule has 3 N–H and O–H groups in total. The Balaban J connectivity index is 1.63. The predicted molar refractivity (Wildman–Crippen MR) is 122 cm³/mol. The molecule has 0 amide bonds. The van der Waals surface area contributed by atoms with E-state index in [4.69, 9.17) is 0 Å². The highest BCUT2D eigenvalue weighted by atomic mass is 16.3. The highest BCUT2D eigenvalue weighted by Gasteiger charge is 2.23. The summed E-state index contributed by atoms with van der Waals surface area (Å²) in [5.74, 6) is 0.238. The second-order valence-electron chi connectivity index (χ2n) is 8.01. The lowest BCUT2D eigenvalue weighted by molar-refractivity contribution is 0.303. The molecule has 158 valence electrons. The minimum Gasteiger partial charge on any atom is -0.508 e. The number of hydrogen-bond donors (Lipinski definition) is 3. The van der Waals surface area contributed by atoms with Crippen LogP contribution in [0, 0.1) is 0 Å². The topological polar surface area (TPSA) is 81.7 Å². The zero-order chi connectivity index (χ0) is 21.7. The summed E-state index contributed by atoms with van der Waals surface area (Å²) in [7, 11) is 3.96. The standard InChI is InChI=1S/C24H29N3O3/c1-16(13-17-7-5-4-6-8-17)26-22-21(23(29)24(22)30)25-15-19(27(2)3)14-18-9-11-20(28)12-10-18/h4-12,16,19,25-26,28H,13-15H2,1-3H3. The molecule has 0 heterocycles. The van der Waals surface area contributed by atoms with Gasteiger partial charge in [0.25, 0.3) is 10.9 Å². The number of phenols is 1. The number of phenolic OH excluding ortho intramolecular Hbond substituents is 1. The summed E-state index contributed by atoms with van der Waals surface area (Å²) >= 11 is 0. The molecule has 0 aliphatic heterocycles. The van der Waals surface area contributed by atoms with Gasteiger partial charge in [0.05, 0.1) is 0 Å². The Bertz CT molecular complexity index is 1020. The molecule has 6 heteroatoms. The van der Waals surface area contributed by atoms with E-state index in [-0.39, 0.29) is 17.8 Å². The van der Waals surface area contributed by atoms with Gasteiger partial charge < -0.3 is 20.6 Å². The number of benzene rings is 2. The first-order chi connectivity index (χ1) is 14.3. The fourth-order valence-corrected chi connectivity index (χ4v) is 3.52. The summed E-state index contributed by atoms with van der Waals surface area (Å²) in [6.45, 7) is 2.53. The Kier molecular flexibility index (Phi) is 6.90. The normalized spacial score (nSPS) is 13.3. The quantitative estimate of drug-likeness (QED) is 0.448. The van der Waals surface area contributed by atoms with Crippen LogP contribution in [0.15, 0.2) is 64.2 Å². The van der Waals surface area contributed by atoms with Crippen LogP contribution in [0.2, 0.25) is 0 Å². The minimum absolute atomic E-state index is 0.0258. The van der Waals surface area contributed by atoms with Crippen molar-refractivity contribution in [3.05, 3.63) is 86.2 Å². The van der Waals surface area contributed by atoms with Crippen LogP contribution in [0.1, 0.15) is 18.1 Å². The summed E-state index contributed by atoms with van der Waals surface area (Å²) in [5.41, 5.74) is 2.09. The van der Waals surface area contributed by atoms with Crippen molar-refractivity contribution in [3.63, 3.8) is 0 Å². The molecule has 6 nitrogen and oxygen atoms in total. The predicted octanol–water partition coefficient (Wildman–Crippen LogP) is 2.62. The SMILES string of the molecule is CC(Cc1ccccc1)Nc1c(NCC(Cc2ccc(O)cc2)N(C)C)c(=O)c1=O. The molecule has 0 aliphatic carbocycles. The Morgan fingerprint density at radius 1 is 0.867 bits per heavy atom. The molecule has 0 fully saturated rings. The maximum Gasteiger partial charge on any atom is 0.253 e. The van der Waals surface area contributed by atoms with Crippen LogP contribution < -0.4 is 21.5 Å². The van der Waals surface area contributed by atoms with Gasteiger partial charge in [-0.1, -0.05) is 42.5 Å². The first-order valence-corrected chi connectivity index (χ1v) is 10.2. The molecule has 30 heavy (non-hydrogen) atoms. The molecule has 3 rings (SSSR count). The third kappa shape index (κ3) is 5.27. The number of rotatable bonds is 10. The van der Waals surface area contributed by atoms with E-state index in [9.17, 15) is 14.7 Å². The van der Waals surface area contributed by atoms with E-state index in [1.54, 1.807) is 12.1 Å². The summed E-state index contributed by atoms with van der Waals surface area (Å²) in [5, 5.41) is 15.9. The Hall–Kier alpha value is -3.12. The first kappa shape index (κ1) is 21.6. The molecule has 2 unspecified atom stereocenters. The van der Waals surface area contributed by atoms with Crippen LogP contribution in [0.4, 0.5) is 11.4 Å². The van der Waals surface area contributed by atoms with Crippen molar-refractivity contribution in [3.8, 4) is 5.75 Å². The average molecular weight is 408 g/mol. The highest BCUT2D eigenvalue weighted by molar-refractivity contribution is 5.74. The van der Waals surface area contributed by atoms with Crippen molar-refractivity contribution in [1.29, 1.82) is 0 Å². The van der Waals surface area contributed by atoms with Crippen LogP contribution in [-0.2, 0) is 12.8 Å². The second kappa shape index (κ2) is 9.59. The van der Waals surface area contributed by atoms with E-state index >= 15 is 0 Å². The highest BCUT2D eigenvalue weighted by Crippen LogP contribution is 2.18. The maximum absolute atomic E-state index is 12.1. The second-order valence-corrected chi connectivity index (χ2v) is 8.01. The zero-order valence-corrected chi connectivity index (χ0v) is 17.7. The van der Waals surface area contributed by atoms with Gasteiger partial charge in [-0.05, 0) is 57.1 Å². The third-order valence-electron chi connectivity index (χ3n) is 5.34. The average Bonchev–Trinajstić information content (AvgIpc) is 2.73. The van der Waals surface area contributed by atoms with Gasteiger partial charge in [-0.2, -0.15) is 0 Å². The van der Waals surface area contributed by atoms with E-state index in [1.807, 2.05) is 63.5 Å². The van der Waals surface area contributed by atoms with Crippen LogP contribution in [-0.4, -0.2) is 42.7 Å². The van der Waals surface area contributed by atoms with Crippen molar-refractivity contribution < 1.29 is 5.11 Å². The molecule has 0 aliphatic rings. The van der Waals surface area contributed by atoms with Gasteiger partial charge in [-0.15, -0.1) is 0 Å². The Labute approximate surface area is 176 Å². The van der Waals surface area contributed by atoms with Crippen LogP contribution in [0.25, 0.3) is 0 Å². The van der Waals surface area contributed by atoms with Crippen LogP contribution in [0.5, 0.6) is 5.75 Å². The lowest BCUT2D eigenvalue weighted by Gasteiger charge is -2.26. The number of hydrogen-bond acceptors (Lipinski definition) is 6.